The van der Waals surface area contributed by atoms with Crippen LogP contribution in [0.1, 0.15) is 46.4 Å². The summed E-state index contributed by atoms with van der Waals surface area (Å²) in [7, 11) is 1.30. The quantitative estimate of drug-likeness (QED) is 0.458. The lowest BCUT2D eigenvalue weighted by atomic mass is 9.99. The Morgan fingerprint density at radius 2 is 1.78 bits per heavy atom. The molecule has 4 nitrogen and oxygen atoms in total. The van der Waals surface area contributed by atoms with Crippen molar-refractivity contribution >= 4 is 11.8 Å². The molecule has 98 valence electrons. The standard InChI is InChI=1S/C14H18O4/c1-18-14(17)12-8-5-4-7-11(12)13(16)9-3-2-6-10-15/h4-5,7-8,15H,2-3,6,9-10H2,1H3. The van der Waals surface area contributed by atoms with Crippen LogP contribution in [-0.2, 0) is 4.74 Å². The first-order chi connectivity index (χ1) is 8.70. The number of esters is 1. The Morgan fingerprint density at radius 1 is 1.11 bits per heavy atom. The summed E-state index contributed by atoms with van der Waals surface area (Å²) >= 11 is 0. The van der Waals surface area contributed by atoms with Crippen LogP contribution in [0.3, 0.4) is 0 Å². The molecule has 18 heavy (non-hydrogen) atoms. The molecule has 0 saturated carbocycles. The summed E-state index contributed by atoms with van der Waals surface area (Å²) < 4.78 is 4.65. The van der Waals surface area contributed by atoms with Crippen molar-refractivity contribution in [1.29, 1.82) is 0 Å². The summed E-state index contributed by atoms with van der Waals surface area (Å²) in [5.74, 6) is -0.553. The number of rotatable bonds is 7. The van der Waals surface area contributed by atoms with Gasteiger partial charge in [-0.15, -0.1) is 0 Å². The second kappa shape index (κ2) is 7.61. The zero-order valence-electron chi connectivity index (χ0n) is 10.5. The van der Waals surface area contributed by atoms with E-state index >= 15 is 0 Å². The van der Waals surface area contributed by atoms with E-state index in [1.807, 2.05) is 0 Å². The molecule has 0 fully saturated rings. The van der Waals surface area contributed by atoms with Crippen LogP contribution in [0.4, 0.5) is 0 Å². The molecule has 0 atom stereocenters. The average Bonchev–Trinajstić information content (AvgIpc) is 2.42. The van der Waals surface area contributed by atoms with Gasteiger partial charge >= 0.3 is 5.97 Å². The predicted molar refractivity (Wildman–Crippen MR) is 67.7 cm³/mol. The third kappa shape index (κ3) is 3.96. The summed E-state index contributed by atoms with van der Waals surface area (Å²) in [6.45, 7) is 0.146. The normalized spacial score (nSPS) is 10.1. The van der Waals surface area contributed by atoms with E-state index < -0.39 is 5.97 Å². The van der Waals surface area contributed by atoms with E-state index in [9.17, 15) is 9.59 Å². The van der Waals surface area contributed by atoms with Gasteiger partial charge in [-0.2, -0.15) is 0 Å². The van der Waals surface area contributed by atoms with Gasteiger partial charge in [0, 0.05) is 18.6 Å². The Bertz CT molecular complexity index is 412. The molecule has 0 aliphatic rings. The zero-order chi connectivity index (χ0) is 13.4. The highest BCUT2D eigenvalue weighted by molar-refractivity contribution is 6.06. The summed E-state index contributed by atoms with van der Waals surface area (Å²) in [5.41, 5.74) is 0.723. The van der Waals surface area contributed by atoms with Crippen LogP contribution in [0.5, 0.6) is 0 Å². The van der Waals surface area contributed by atoms with Gasteiger partial charge in [-0.3, -0.25) is 4.79 Å². The van der Waals surface area contributed by atoms with Gasteiger partial charge in [-0.1, -0.05) is 24.6 Å². The molecule has 0 aliphatic heterocycles. The van der Waals surface area contributed by atoms with Crippen molar-refractivity contribution < 1.29 is 19.4 Å². The summed E-state index contributed by atoms with van der Waals surface area (Å²) in [6.07, 6.45) is 2.61. The highest BCUT2D eigenvalue weighted by Gasteiger charge is 2.16. The maximum Gasteiger partial charge on any atom is 0.338 e. The Balaban J connectivity index is 2.70. The van der Waals surface area contributed by atoms with E-state index in [0.717, 1.165) is 12.8 Å². The topological polar surface area (TPSA) is 63.6 Å². The molecule has 1 N–H and O–H groups in total. The lowest BCUT2D eigenvalue weighted by molar-refractivity contribution is 0.0597. The summed E-state index contributed by atoms with van der Waals surface area (Å²) in [4.78, 5) is 23.5. The van der Waals surface area contributed by atoms with Gasteiger partial charge in [0.25, 0.3) is 0 Å². The third-order valence-corrected chi connectivity index (χ3v) is 2.69. The van der Waals surface area contributed by atoms with Crippen LogP contribution in [0.2, 0.25) is 0 Å². The molecular weight excluding hydrogens is 232 g/mol. The maximum atomic E-state index is 12.0. The number of ether oxygens (including phenoxy) is 1. The number of hydrogen-bond donors (Lipinski definition) is 1. The number of aliphatic hydroxyl groups excluding tert-OH is 1. The Hall–Kier alpha value is -1.68. The van der Waals surface area contributed by atoms with Gasteiger partial charge in [0.2, 0.25) is 0 Å². The summed E-state index contributed by atoms with van der Waals surface area (Å²) in [6, 6.07) is 6.66. The molecule has 0 radical (unpaired) electrons. The van der Waals surface area contributed by atoms with Crippen molar-refractivity contribution in [2.75, 3.05) is 13.7 Å². The smallest absolute Gasteiger partial charge is 0.338 e. The minimum Gasteiger partial charge on any atom is -0.465 e. The lowest BCUT2D eigenvalue weighted by Gasteiger charge is -2.06. The molecule has 0 amide bonds. The van der Waals surface area contributed by atoms with Crippen LogP contribution in [0.25, 0.3) is 0 Å². The van der Waals surface area contributed by atoms with Crippen molar-refractivity contribution in [2.45, 2.75) is 25.7 Å². The molecule has 0 heterocycles. The number of carbonyl (C=O) groups is 2. The molecule has 1 aromatic rings. The number of benzene rings is 1. The molecular formula is C14H18O4. The fourth-order valence-corrected chi connectivity index (χ4v) is 1.72. The molecule has 0 bridgehead atoms. The van der Waals surface area contributed by atoms with E-state index in [1.54, 1.807) is 24.3 Å². The maximum absolute atomic E-state index is 12.0. The predicted octanol–water partition coefficient (Wildman–Crippen LogP) is 2.21. The Kier molecular flexibility index (Phi) is 6.08. The number of Topliss-reactive ketones (excluding diaryl/α,β-unsaturated/α-hetero) is 1. The van der Waals surface area contributed by atoms with Crippen molar-refractivity contribution in [3.05, 3.63) is 35.4 Å². The Morgan fingerprint density at radius 3 is 2.39 bits per heavy atom. The van der Waals surface area contributed by atoms with Gasteiger partial charge in [0.05, 0.1) is 12.7 Å². The van der Waals surface area contributed by atoms with Crippen LogP contribution in [0.15, 0.2) is 24.3 Å². The van der Waals surface area contributed by atoms with E-state index in [-0.39, 0.29) is 12.4 Å². The van der Waals surface area contributed by atoms with Gasteiger partial charge in [-0.05, 0) is 18.9 Å². The largest absolute Gasteiger partial charge is 0.465 e. The third-order valence-electron chi connectivity index (χ3n) is 2.69. The van der Waals surface area contributed by atoms with Gasteiger partial charge in [0.15, 0.2) is 5.78 Å². The molecule has 1 rings (SSSR count). The highest BCUT2D eigenvalue weighted by Crippen LogP contribution is 2.14. The lowest BCUT2D eigenvalue weighted by Crippen LogP contribution is -2.10. The molecule has 0 spiro atoms. The molecule has 0 unspecified atom stereocenters. The highest BCUT2D eigenvalue weighted by atomic mass is 16.5. The first-order valence-electron chi connectivity index (χ1n) is 6.02. The number of aliphatic hydroxyl groups is 1. The second-order valence-corrected chi connectivity index (χ2v) is 3.99. The first-order valence-corrected chi connectivity index (χ1v) is 6.02. The SMILES string of the molecule is COC(=O)c1ccccc1C(=O)CCCCCO. The van der Waals surface area contributed by atoms with Gasteiger partial charge < -0.3 is 9.84 Å². The summed E-state index contributed by atoms with van der Waals surface area (Å²) in [5, 5.41) is 8.65. The zero-order valence-corrected chi connectivity index (χ0v) is 10.5. The number of methoxy groups -OCH3 is 1. The van der Waals surface area contributed by atoms with E-state index in [2.05, 4.69) is 4.74 Å². The molecule has 0 aromatic heterocycles. The average molecular weight is 250 g/mol. The molecule has 1 aromatic carbocycles. The van der Waals surface area contributed by atoms with Crippen LogP contribution in [0, 0.1) is 0 Å². The van der Waals surface area contributed by atoms with Gasteiger partial charge in [0.1, 0.15) is 0 Å². The first kappa shape index (κ1) is 14.4. The molecule has 4 heteroatoms. The number of unbranched alkanes of at least 4 members (excludes halogenated alkanes) is 2. The van der Waals surface area contributed by atoms with Crippen molar-refractivity contribution in [2.24, 2.45) is 0 Å². The van der Waals surface area contributed by atoms with Crippen molar-refractivity contribution in [3.8, 4) is 0 Å². The minimum atomic E-state index is -0.491. The fraction of sp³-hybridized carbons (Fsp3) is 0.429. The molecule has 0 aliphatic carbocycles. The monoisotopic (exact) mass is 250 g/mol. The second-order valence-electron chi connectivity index (χ2n) is 3.99. The van der Waals surface area contributed by atoms with Gasteiger partial charge in [-0.25, -0.2) is 4.79 Å². The van der Waals surface area contributed by atoms with Crippen molar-refractivity contribution in [3.63, 3.8) is 0 Å². The minimum absolute atomic E-state index is 0.0612. The van der Waals surface area contributed by atoms with E-state index in [0.29, 0.717) is 24.0 Å². The Labute approximate surface area is 107 Å². The number of ketones is 1. The fourth-order valence-electron chi connectivity index (χ4n) is 1.72. The van der Waals surface area contributed by atoms with E-state index in [1.165, 1.54) is 7.11 Å². The van der Waals surface area contributed by atoms with Crippen LogP contribution < -0.4 is 0 Å². The van der Waals surface area contributed by atoms with E-state index in [4.69, 9.17) is 5.11 Å². The number of hydrogen-bond acceptors (Lipinski definition) is 4. The molecule has 0 saturated heterocycles. The van der Waals surface area contributed by atoms with Crippen LogP contribution >= 0.6 is 0 Å². The van der Waals surface area contributed by atoms with Crippen molar-refractivity contribution in [1.82, 2.24) is 0 Å². The number of carbonyl (C=O) groups excluding carboxylic acids is 2. The van der Waals surface area contributed by atoms with Crippen LogP contribution in [-0.4, -0.2) is 30.6 Å².